The van der Waals surface area contributed by atoms with E-state index in [1.807, 2.05) is 6.08 Å². The van der Waals surface area contributed by atoms with Crippen LogP contribution in [0.4, 0.5) is 0 Å². The zero-order valence-electron chi connectivity index (χ0n) is 6.72. The Morgan fingerprint density at radius 2 is 2.27 bits per heavy atom. The lowest BCUT2D eigenvalue weighted by Crippen LogP contribution is -2.04. The van der Waals surface area contributed by atoms with Gasteiger partial charge in [-0.2, -0.15) is 0 Å². The van der Waals surface area contributed by atoms with Gasteiger partial charge in [0.05, 0.1) is 0 Å². The van der Waals surface area contributed by atoms with E-state index in [1.54, 1.807) is 0 Å². The summed E-state index contributed by atoms with van der Waals surface area (Å²) in [5, 5.41) is 0. The molecule has 0 unspecified atom stereocenters. The number of rotatable bonds is 1. The van der Waals surface area contributed by atoms with E-state index in [4.69, 9.17) is 5.73 Å². The SMILES string of the molecule is C=C(S)C1=CC(N)=C(C)CC1. The molecule has 0 saturated heterocycles. The molecule has 1 aliphatic rings. The minimum atomic E-state index is 0.834. The molecule has 2 heteroatoms. The molecular weight excluding hydrogens is 154 g/mol. The average molecular weight is 167 g/mol. The molecular formula is C9H13NS. The fourth-order valence-corrected chi connectivity index (χ4v) is 1.25. The predicted molar refractivity (Wildman–Crippen MR) is 52.3 cm³/mol. The standard InChI is InChI=1S/C9H13NS/c1-6-3-4-8(7(2)11)5-9(6)10/h5,11H,2-4,10H2,1H3. The predicted octanol–water partition coefficient (Wildman–Crippen LogP) is 2.38. The number of hydrogen-bond donors (Lipinski definition) is 2. The monoisotopic (exact) mass is 167 g/mol. The Morgan fingerprint density at radius 3 is 2.73 bits per heavy atom. The molecule has 0 atom stereocenters. The molecule has 0 aromatic rings. The van der Waals surface area contributed by atoms with E-state index in [-0.39, 0.29) is 0 Å². The normalized spacial score (nSPS) is 18.2. The summed E-state index contributed by atoms with van der Waals surface area (Å²) in [6.07, 6.45) is 4.03. The molecule has 0 aliphatic heterocycles. The second-order valence-corrected chi connectivity index (χ2v) is 3.39. The molecule has 0 aromatic heterocycles. The fourth-order valence-electron chi connectivity index (χ4n) is 1.08. The zero-order chi connectivity index (χ0) is 8.43. The molecule has 1 rings (SSSR count). The minimum absolute atomic E-state index is 0.834. The van der Waals surface area contributed by atoms with Crippen LogP contribution in [0, 0.1) is 0 Å². The molecule has 0 saturated carbocycles. The third kappa shape index (κ3) is 1.90. The van der Waals surface area contributed by atoms with Crippen LogP contribution in [0.5, 0.6) is 0 Å². The van der Waals surface area contributed by atoms with Gasteiger partial charge in [-0.05, 0) is 31.4 Å². The Balaban J connectivity index is 2.89. The maximum atomic E-state index is 5.73. The van der Waals surface area contributed by atoms with Crippen molar-refractivity contribution in [1.82, 2.24) is 0 Å². The smallest absolute Gasteiger partial charge is 0.0306 e. The number of nitrogens with two attached hydrogens (primary N) is 1. The summed E-state index contributed by atoms with van der Waals surface area (Å²) < 4.78 is 0. The molecule has 0 aromatic carbocycles. The highest BCUT2D eigenvalue weighted by molar-refractivity contribution is 7.84. The number of hydrogen-bond acceptors (Lipinski definition) is 2. The zero-order valence-corrected chi connectivity index (χ0v) is 7.62. The van der Waals surface area contributed by atoms with Crippen molar-refractivity contribution in [1.29, 1.82) is 0 Å². The Bertz CT molecular complexity index is 248. The first-order chi connectivity index (χ1) is 5.11. The van der Waals surface area contributed by atoms with Crippen molar-refractivity contribution in [2.24, 2.45) is 5.73 Å². The van der Waals surface area contributed by atoms with Crippen LogP contribution in [0.1, 0.15) is 19.8 Å². The first-order valence-corrected chi connectivity index (χ1v) is 4.10. The summed E-state index contributed by atoms with van der Waals surface area (Å²) in [6.45, 7) is 5.82. The van der Waals surface area contributed by atoms with Crippen LogP contribution < -0.4 is 5.73 Å². The summed E-state index contributed by atoms with van der Waals surface area (Å²) in [7, 11) is 0. The van der Waals surface area contributed by atoms with Crippen LogP contribution in [0.25, 0.3) is 0 Å². The van der Waals surface area contributed by atoms with Crippen LogP contribution in [-0.4, -0.2) is 0 Å². The van der Waals surface area contributed by atoms with Gasteiger partial charge in [-0.25, -0.2) is 0 Å². The number of allylic oxidation sites excluding steroid dienone is 3. The third-order valence-corrected chi connectivity index (χ3v) is 2.25. The van der Waals surface area contributed by atoms with E-state index >= 15 is 0 Å². The molecule has 0 fully saturated rings. The first-order valence-electron chi connectivity index (χ1n) is 3.65. The fraction of sp³-hybridized carbons (Fsp3) is 0.333. The van der Waals surface area contributed by atoms with Crippen LogP contribution in [-0.2, 0) is 0 Å². The van der Waals surface area contributed by atoms with E-state index in [9.17, 15) is 0 Å². The van der Waals surface area contributed by atoms with Crippen LogP contribution in [0.2, 0.25) is 0 Å². The van der Waals surface area contributed by atoms with E-state index in [2.05, 4.69) is 26.1 Å². The lowest BCUT2D eigenvalue weighted by molar-refractivity contribution is 0.900. The molecule has 0 bridgehead atoms. The molecule has 1 nitrogen and oxygen atoms in total. The van der Waals surface area contributed by atoms with Crippen molar-refractivity contribution < 1.29 is 0 Å². The van der Waals surface area contributed by atoms with Crippen LogP contribution in [0.15, 0.2) is 34.4 Å². The van der Waals surface area contributed by atoms with Crippen molar-refractivity contribution in [3.05, 3.63) is 34.4 Å². The Morgan fingerprint density at radius 1 is 1.64 bits per heavy atom. The van der Waals surface area contributed by atoms with Crippen molar-refractivity contribution >= 4 is 12.6 Å². The highest BCUT2D eigenvalue weighted by Crippen LogP contribution is 2.26. The lowest BCUT2D eigenvalue weighted by atomic mass is 9.97. The highest BCUT2D eigenvalue weighted by atomic mass is 32.1. The Labute approximate surface area is 73.1 Å². The van der Waals surface area contributed by atoms with Crippen molar-refractivity contribution in [2.75, 3.05) is 0 Å². The van der Waals surface area contributed by atoms with E-state index in [0.29, 0.717) is 0 Å². The van der Waals surface area contributed by atoms with Gasteiger partial charge < -0.3 is 5.73 Å². The van der Waals surface area contributed by atoms with Gasteiger partial charge in [0.1, 0.15) is 0 Å². The number of thiol groups is 1. The largest absolute Gasteiger partial charge is 0.399 e. The molecule has 0 spiro atoms. The summed E-state index contributed by atoms with van der Waals surface area (Å²) in [4.78, 5) is 0.834. The van der Waals surface area contributed by atoms with Crippen LogP contribution in [0.3, 0.4) is 0 Å². The molecule has 0 amide bonds. The third-order valence-electron chi connectivity index (χ3n) is 1.96. The van der Waals surface area contributed by atoms with Crippen molar-refractivity contribution in [2.45, 2.75) is 19.8 Å². The van der Waals surface area contributed by atoms with Gasteiger partial charge in [0.15, 0.2) is 0 Å². The molecule has 60 valence electrons. The molecule has 1 aliphatic carbocycles. The van der Waals surface area contributed by atoms with E-state index in [0.717, 1.165) is 29.0 Å². The second-order valence-electron chi connectivity index (χ2n) is 2.85. The molecule has 11 heavy (non-hydrogen) atoms. The lowest BCUT2D eigenvalue weighted by Gasteiger charge is -2.14. The van der Waals surface area contributed by atoms with Gasteiger partial charge in [-0.1, -0.05) is 12.2 Å². The summed E-state index contributed by atoms with van der Waals surface area (Å²) >= 11 is 4.17. The summed E-state index contributed by atoms with van der Waals surface area (Å²) in [5.41, 5.74) is 9.04. The molecule has 0 heterocycles. The van der Waals surface area contributed by atoms with E-state index in [1.165, 1.54) is 5.57 Å². The van der Waals surface area contributed by atoms with Crippen molar-refractivity contribution in [3.63, 3.8) is 0 Å². The quantitative estimate of drug-likeness (QED) is 0.576. The maximum Gasteiger partial charge on any atom is 0.0306 e. The summed E-state index contributed by atoms with van der Waals surface area (Å²) in [5.74, 6) is 0. The van der Waals surface area contributed by atoms with Gasteiger partial charge in [0.25, 0.3) is 0 Å². The second kappa shape index (κ2) is 3.18. The van der Waals surface area contributed by atoms with Gasteiger partial charge in [0.2, 0.25) is 0 Å². The highest BCUT2D eigenvalue weighted by Gasteiger charge is 2.07. The Hall–Kier alpha value is -0.630. The van der Waals surface area contributed by atoms with Crippen molar-refractivity contribution in [3.8, 4) is 0 Å². The average Bonchev–Trinajstić information content (AvgIpc) is 1.94. The van der Waals surface area contributed by atoms with E-state index < -0.39 is 0 Å². The van der Waals surface area contributed by atoms with Gasteiger partial charge in [0, 0.05) is 10.6 Å². The summed E-state index contributed by atoms with van der Waals surface area (Å²) in [6, 6.07) is 0. The Kier molecular flexibility index (Phi) is 2.45. The maximum absolute atomic E-state index is 5.73. The molecule has 2 N–H and O–H groups in total. The topological polar surface area (TPSA) is 26.0 Å². The minimum Gasteiger partial charge on any atom is -0.399 e. The first kappa shape index (κ1) is 8.47. The molecule has 0 radical (unpaired) electrons. The van der Waals surface area contributed by atoms with Gasteiger partial charge in [-0.15, -0.1) is 12.6 Å². The van der Waals surface area contributed by atoms with Gasteiger partial charge >= 0.3 is 0 Å². The van der Waals surface area contributed by atoms with Gasteiger partial charge in [-0.3, -0.25) is 0 Å². The van der Waals surface area contributed by atoms with Crippen LogP contribution >= 0.6 is 12.6 Å².